The molecule has 1 atom stereocenters. The predicted molar refractivity (Wildman–Crippen MR) is 98.9 cm³/mol. The molecule has 3 aromatic rings. The largest absolute Gasteiger partial charge is 0.368 e. The highest BCUT2D eigenvalue weighted by molar-refractivity contribution is 5.75. The molecule has 0 bridgehead atoms. The number of nitrogens with zero attached hydrogens (tertiary/aromatic N) is 5. The molecular formula is C19H24N6. The van der Waals surface area contributed by atoms with Gasteiger partial charge in [-0.3, -0.25) is 4.90 Å². The molecule has 25 heavy (non-hydrogen) atoms. The van der Waals surface area contributed by atoms with Crippen LogP contribution in [0.1, 0.15) is 43.7 Å². The van der Waals surface area contributed by atoms with E-state index in [4.69, 9.17) is 10.7 Å². The fourth-order valence-electron chi connectivity index (χ4n) is 3.87. The summed E-state index contributed by atoms with van der Waals surface area (Å²) in [4.78, 5) is 15.9. The summed E-state index contributed by atoms with van der Waals surface area (Å²) in [7, 11) is 0. The Balaban J connectivity index is 1.66. The third-order valence-electron chi connectivity index (χ3n) is 5.05. The SMILES string of the molecule is CCn1c(CN2CCCC[C@H]2c2ccnc(N)n2)nc2ccccc21. The Morgan fingerprint density at radius 2 is 2.04 bits per heavy atom. The summed E-state index contributed by atoms with van der Waals surface area (Å²) in [5.74, 6) is 1.47. The molecule has 1 fully saturated rings. The lowest BCUT2D eigenvalue weighted by Crippen LogP contribution is -2.34. The number of nitrogen functional groups attached to an aromatic ring is 1. The maximum Gasteiger partial charge on any atom is 0.220 e. The molecule has 130 valence electrons. The average Bonchev–Trinajstić information content (AvgIpc) is 2.99. The quantitative estimate of drug-likeness (QED) is 0.792. The number of hydrogen-bond donors (Lipinski definition) is 1. The Hall–Kier alpha value is -2.47. The molecule has 1 aliphatic rings. The van der Waals surface area contributed by atoms with Crippen LogP contribution < -0.4 is 5.73 Å². The zero-order valence-electron chi connectivity index (χ0n) is 14.6. The van der Waals surface area contributed by atoms with Gasteiger partial charge in [0.2, 0.25) is 5.95 Å². The maximum atomic E-state index is 5.80. The molecule has 6 nitrogen and oxygen atoms in total. The molecule has 0 amide bonds. The van der Waals surface area contributed by atoms with E-state index in [9.17, 15) is 0 Å². The monoisotopic (exact) mass is 336 g/mol. The molecule has 1 aromatic carbocycles. The van der Waals surface area contributed by atoms with E-state index in [2.05, 4.69) is 44.6 Å². The van der Waals surface area contributed by atoms with Crippen molar-refractivity contribution in [2.45, 2.75) is 45.3 Å². The van der Waals surface area contributed by atoms with Gasteiger partial charge in [-0.25, -0.2) is 15.0 Å². The molecule has 0 unspecified atom stereocenters. The highest BCUT2D eigenvalue weighted by Crippen LogP contribution is 2.31. The number of imidazole rings is 1. The second-order valence-electron chi connectivity index (χ2n) is 6.58. The minimum absolute atomic E-state index is 0.282. The lowest BCUT2D eigenvalue weighted by Gasteiger charge is -2.35. The van der Waals surface area contributed by atoms with Crippen LogP contribution in [-0.2, 0) is 13.1 Å². The zero-order chi connectivity index (χ0) is 17.2. The van der Waals surface area contributed by atoms with Crippen LogP contribution in [0.3, 0.4) is 0 Å². The van der Waals surface area contributed by atoms with Gasteiger partial charge >= 0.3 is 0 Å². The molecular weight excluding hydrogens is 312 g/mol. The van der Waals surface area contributed by atoms with Crippen molar-refractivity contribution in [3.05, 3.63) is 48.0 Å². The average molecular weight is 336 g/mol. The first-order valence-corrected chi connectivity index (χ1v) is 9.03. The fourth-order valence-corrected chi connectivity index (χ4v) is 3.87. The van der Waals surface area contributed by atoms with Crippen molar-refractivity contribution in [3.63, 3.8) is 0 Å². The number of rotatable bonds is 4. The molecule has 1 aliphatic heterocycles. The maximum absolute atomic E-state index is 5.80. The number of aromatic nitrogens is 4. The standard InChI is InChI=1S/C19H24N6/c1-2-25-17-9-4-3-7-14(17)22-18(25)13-24-12-6-5-8-16(24)15-10-11-21-19(20)23-15/h3-4,7,9-11,16H,2,5-6,8,12-13H2,1H3,(H2,20,21,23)/t16-/m0/s1. The summed E-state index contributed by atoms with van der Waals surface area (Å²) in [6, 6.07) is 10.6. The normalized spacial score (nSPS) is 18.7. The molecule has 3 heterocycles. The van der Waals surface area contributed by atoms with Gasteiger partial charge in [0, 0.05) is 12.7 Å². The first-order valence-electron chi connectivity index (χ1n) is 9.03. The Kier molecular flexibility index (Phi) is 4.36. The zero-order valence-corrected chi connectivity index (χ0v) is 14.6. The van der Waals surface area contributed by atoms with Gasteiger partial charge in [0.25, 0.3) is 0 Å². The van der Waals surface area contributed by atoms with Crippen LogP contribution in [0.25, 0.3) is 11.0 Å². The number of anilines is 1. The van der Waals surface area contributed by atoms with Crippen LogP contribution in [0, 0.1) is 0 Å². The predicted octanol–water partition coefficient (Wildman–Crippen LogP) is 3.16. The van der Waals surface area contributed by atoms with Gasteiger partial charge in [0.1, 0.15) is 5.82 Å². The number of hydrogen-bond acceptors (Lipinski definition) is 5. The van der Waals surface area contributed by atoms with E-state index >= 15 is 0 Å². The summed E-state index contributed by atoms with van der Waals surface area (Å²) in [5, 5.41) is 0. The van der Waals surface area contributed by atoms with Crippen molar-refractivity contribution >= 4 is 17.0 Å². The van der Waals surface area contributed by atoms with Crippen molar-refractivity contribution in [2.75, 3.05) is 12.3 Å². The van der Waals surface area contributed by atoms with Crippen molar-refractivity contribution in [1.29, 1.82) is 0 Å². The minimum atomic E-state index is 0.282. The molecule has 0 aliphatic carbocycles. The molecule has 0 spiro atoms. The van der Waals surface area contributed by atoms with Crippen molar-refractivity contribution in [2.24, 2.45) is 0 Å². The van der Waals surface area contributed by atoms with Gasteiger partial charge in [-0.05, 0) is 44.5 Å². The first-order chi connectivity index (χ1) is 12.3. The smallest absolute Gasteiger partial charge is 0.220 e. The van der Waals surface area contributed by atoms with Crippen LogP contribution >= 0.6 is 0 Å². The Morgan fingerprint density at radius 1 is 1.16 bits per heavy atom. The lowest BCUT2D eigenvalue weighted by molar-refractivity contribution is 0.132. The molecule has 0 saturated carbocycles. The number of piperidine rings is 1. The Labute approximate surface area is 147 Å². The Morgan fingerprint density at radius 3 is 2.88 bits per heavy atom. The van der Waals surface area contributed by atoms with Crippen molar-refractivity contribution < 1.29 is 0 Å². The summed E-state index contributed by atoms with van der Waals surface area (Å²) in [6.07, 6.45) is 5.28. The number of likely N-dealkylation sites (tertiary alicyclic amines) is 1. The van der Waals surface area contributed by atoms with E-state index in [1.54, 1.807) is 6.20 Å². The third-order valence-corrected chi connectivity index (χ3v) is 5.05. The summed E-state index contributed by atoms with van der Waals surface area (Å²) in [5.41, 5.74) is 9.10. The first kappa shape index (κ1) is 16.0. The number of nitrogens with two attached hydrogens (primary N) is 1. The van der Waals surface area contributed by atoms with E-state index in [0.29, 0.717) is 5.95 Å². The van der Waals surface area contributed by atoms with Crippen LogP contribution in [0.5, 0.6) is 0 Å². The summed E-state index contributed by atoms with van der Waals surface area (Å²) >= 11 is 0. The van der Waals surface area contributed by atoms with E-state index in [-0.39, 0.29) is 6.04 Å². The van der Waals surface area contributed by atoms with Gasteiger partial charge in [-0.15, -0.1) is 0 Å². The van der Waals surface area contributed by atoms with Crippen LogP contribution in [0.15, 0.2) is 36.5 Å². The summed E-state index contributed by atoms with van der Waals surface area (Å²) < 4.78 is 2.31. The van der Waals surface area contributed by atoms with E-state index in [0.717, 1.165) is 43.1 Å². The van der Waals surface area contributed by atoms with Gasteiger partial charge in [-0.1, -0.05) is 18.6 Å². The van der Waals surface area contributed by atoms with Gasteiger partial charge in [-0.2, -0.15) is 0 Å². The molecule has 0 radical (unpaired) electrons. The number of fused-ring (bicyclic) bond motifs is 1. The summed E-state index contributed by atoms with van der Waals surface area (Å²) in [6.45, 7) is 4.99. The van der Waals surface area contributed by atoms with Gasteiger partial charge in [0.05, 0.1) is 29.3 Å². The highest BCUT2D eigenvalue weighted by Gasteiger charge is 2.27. The number of benzene rings is 1. The minimum Gasteiger partial charge on any atom is -0.368 e. The van der Waals surface area contributed by atoms with Gasteiger partial charge in [0.15, 0.2) is 0 Å². The van der Waals surface area contributed by atoms with Crippen molar-refractivity contribution in [1.82, 2.24) is 24.4 Å². The second kappa shape index (κ2) is 6.80. The topological polar surface area (TPSA) is 72.9 Å². The Bertz CT molecular complexity index is 871. The van der Waals surface area contributed by atoms with Crippen LogP contribution in [0.4, 0.5) is 5.95 Å². The third kappa shape index (κ3) is 3.09. The van der Waals surface area contributed by atoms with E-state index < -0.39 is 0 Å². The number of aryl methyl sites for hydroxylation is 1. The fraction of sp³-hybridized carbons (Fsp3) is 0.421. The lowest BCUT2D eigenvalue weighted by atomic mass is 9.99. The van der Waals surface area contributed by atoms with E-state index in [1.807, 2.05) is 12.1 Å². The van der Waals surface area contributed by atoms with Crippen molar-refractivity contribution in [3.8, 4) is 0 Å². The molecule has 2 aromatic heterocycles. The number of para-hydroxylation sites is 2. The molecule has 6 heteroatoms. The van der Waals surface area contributed by atoms with Gasteiger partial charge < -0.3 is 10.3 Å². The molecule has 2 N–H and O–H groups in total. The molecule has 1 saturated heterocycles. The second-order valence-corrected chi connectivity index (χ2v) is 6.58. The molecule has 4 rings (SSSR count). The highest BCUT2D eigenvalue weighted by atomic mass is 15.2. The van der Waals surface area contributed by atoms with E-state index in [1.165, 1.54) is 18.4 Å². The van der Waals surface area contributed by atoms with Crippen LogP contribution in [0.2, 0.25) is 0 Å². The van der Waals surface area contributed by atoms with Crippen LogP contribution in [-0.4, -0.2) is 31.0 Å².